The van der Waals surface area contributed by atoms with Gasteiger partial charge in [-0.25, -0.2) is 9.66 Å². The molecule has 0 radical (unpaired) electrons. The Morgan fingerprint density at radius 2 is 2.14 bits per heavy atom. The summed E-state index contributed by atoms with van der Waals surface area (Å²) >= 11 is 0. The van der Waals surface area contributed by atoms with Gasteiger partial charge < -0.3 is 0 Å². The summed E-state index contributed by atoms with van der Waals surface area (Å²) in [6, 6.07) is 12.8. The molecular weight excluding hydrogens is 280 g/mol. The number of para-hydroxylation sites is 2. The zero-order valence-electron chi connectivity index (χ0n) is 12.0. The summed E-state index contributed by atoms with van der Waals surface area (Å²) in [5.41, 5.74) is 3.27. The van der Waals surface area contributed by atoms with E-state index in [2.05, 4.69) is 10.1 Å². The first-order chi connectivity index (χ1) is 10.7. The Balaban J connectivity index is 1.95. The van der Waals surface area contributed by atoms with Crippen LogP contribution in [0.25, 0.3) is 11.0 Å². The minimum absolute atomic E-state index is 0.127. The van der Waals surface area contributed by atoms with E-state index in [0.717, 1.165) is 16.6 Å². The SMILES string of the molecule is CCc1ccc(/C=N\n2cnc3ccccc32)cc1[N+](=O)[O-]. The molecule has 3 aromatic rings. The molecule has 2 aromatic carbocycles. The lowest BCUT2D eigenvalue weighted by molar-refractivity contribution is -0.385. The minimum atomic E-state index is -0.358. The van der Waals surface area contributed by atoms with Crippen molar-refractivity contribution in [3.05, 3.63) is 70.0 Å². The lowest BCUT2D eigenvalue weighted by atomic mass is 10.1. The number of hydrogen-bond acceptors (Lipinski definition) is 4. The second kappa shape index (κ2) is 5.77. The quantitative estimate of drug-likeness (QED) is 0.420. The molecule has 6 heteroatoms. The fraction of sp³-hybridized carbons (Fsp3) is 0.125. The van der Waals surface area contributed by atoms with Crippen LogP contribution in [-0.2, 0) is 6.42 Å². The number of fused-ring (bicyclic) bond motifs is 1. The van der Waals surface area contributed by atoms with Crippen LogP contribution in [0.4, 0.5) is 5.69 Å². The number of nitrogens with zero attached hydrogens (tertiary/aromatic N) is 4. The highest BCUT2D eigenvalue weighted by Crippen LogP contribution is 2.20. The maximum Gasteiger partial charge on any atom is 0.273 e. The average Bonchev–Trinajstić information content (AvgIpc) is 2.96. The van der Waals surface area contributed by atoms with Crippen molar-refractivity contribution in [2.24, 2.45) is 5.10 Å². The van der Waals surface area contributed by atoms with Crippen LogP contribution < -0.4 is 0 Å². The molecule has 0 aliphatic rings. The molecule has 0 aliphatic carbocycles. The Bertz CT molecular complexity index is 867. The Morgan fingerprint density at radius 1 is 1.32 bits per heavy atom. The van der Waals surface area contributed by atoms with Crippen LogP contribution in [0, 0.1) is 10.1 Å². The van der Waals surface area contributed by atoms with Gasteiger partial charge in [0.25, 0.3) is 5.69 Å². The zero-order chi connectivity index (χ0) is 15.5. The number of aromatic nitrogens is 2. The van der Waals surface area contributed by atoms with Crippen molar-refractivity contribution in [1.82, 2.24) is 9.66 Å². The summed E-state index contributed by atoms with van der Waals surface area (Å²) < 4.78 is 1.65. The summed E-state index contributed by atoms with van der Waals surface area (Å²) in [5, 5.41) is 15.4. The van der Waals surface area contributed by atoms with Crippen molar-refractivity contribution in [3.63, 3.8) is 0 Å². The molecule has 0 saturated heterocycles. The number of nitro groups is 1. The molecule has 0 amide bonds. The van der Waals surface area contributed by atoms with E-state index in [4.69, 9.17) is 0 Å². The number of rotatable bonds is 4. The van der Waals surface area contributed by atoms with Gasteiger partial charge in [0.2, 0.25) is 0 Å². The predicted octanol–water partition coefficient (Wildman–Crippen LogP) is 3.39. The highest BCUT2D eigenvalue weighted by molar-refractivity contribution is 5.82. The van der Waals surface area contributed by atoms with Crippen LogP contribution in [0.2, 0.25) is 0 Å². The van der Waals surface area contributed by atoms with E-state index in [0.29, 0.717) is 12.0 Å². The van der Waals surface area contributed by atoms with Gasteiger partial charge in [0, 0.05) is 17.2 Å². The normalized spacial score (nSPS) is 11.3. The lowest BCUT2D eigenvalue weighted by Crippen LogP contribution is -1.96. The van der Waals surface area contributed by atoms with Gasteiger partial charge in [-0.1, -0.05) is 31.2 Å². The number of nitro benzene ring substituents is 1. The molecule has 0 saturated carbocycles. The number of aryl methyl sites for hydroxylation is 1. The number of hydrogen-bond donors (Lipinski definition) is 0. The van der Waals surface area contributed by atoms with Gasteiger partial charge in [-0.05, 0) is 18.6 Å². The second-order valence-corrected chi connectivity index (χ2v) is 4.82. The highest BCUT2D eigenvalue weighted by atomic mass is 16.6. The van der Waals surface area contributed by atoms with Gasteiger partial charge in [0.1, 0.15) is 6.33 Å². The Kier molecular flexibility index (Phi) is 3.65. The Morgan fingerprint density at radius 3 is 2.91 bits per heavy atom. The summed E-state index contributed by atoms with van der Waals surface area (Å²) in [6.45, 7) is 1.90. The van der Waals surface area contributed by atoms with E-state index in [-0.39, 0.29) is 10.6 Å². The number of benzene rings is 2. The molecule has 1 heterocycles. The summed E-state index contributed by atoms with van der Waals surface area (Å²) in [4.78, 5) is 15.0. The second-order valence-electron chi connectivity index (χ2n) is 4.82. The smallest absolute Gasteiger partial charge is 0.258 e. The highest BCUT2D eigenvalue weighted by Gasteiger charge is 2.12. The van der Waals surface area contributed by atoms with Gasteiger partial charge >= 0.3 is 0 Å². The fourth-order valence-electron chi connectivity index (χ4n) is 2.30. The zero-order valence-corrected chi connectivity index (χ0v) is 12.0. The third-order valence-corrected chi connectivity index (χ3v) is 3.45. The van der Waals surface area contributed by atoms with Crippen LogP contribution in [0.5, 0.6) is 0 Å². The topological polar surface area (TPSA) is 73.3 Å². The Labute approximate surface area is 126 Å². The standard InChI is InChI=1S/C16H14N4O2/c1-2-13-8-7-12(9-16(13)20(21)22)10-18-19-11-17-14-5-3-4-6-15(14)19/h3-11H,2H2,1H3/b18-10-. The molecule has 0 N–H and O–H groups in total. The van der Waals surface area contributed by atoms with Crippen LogP contribution in [0.3, 0.4) is 0 Å². The molecule has 0 spiro atoms. The van der Waals surface area contributed by atoms with E-state index < -0.39 is 0 Å². The first-order valence-corrected chi connectivity index (χ1v) is 6.93. The van der Waals surface area contributed by atoms with Gasteiger partial charge in [0.15, 0.2) is 0 Å². The summed E-state index contributed by atoms with van der Waals surface area (Å²) in [6.07, 6.45) is 3.84. The predicted molar refractivity (Wildman–Crippen MR) is 85.2 cm³/mol. The molecule has 0 atom stereocenters. The van der Waals surface area contributed by atoms with Crippen LogP contribution in [0.1, 0.15) is 18.1 Å². The third-order valence-electron chi connectivity index (χ3n) is 3.45. The largest absolute Gasteiger partial charge is 0.273 e. The molecule has 110 valence electrons. The Hall–Kier alpha value is -3.02. The molecule has 6 nitrogen and oxygen atoms in total. The molecule has 0 aliphatic heterocycles. The number of imidazole rings is 1. The van der Waals surface area contributed by atoms with Crippen LogP contribution >= 0.6 is 0 Å². The molecule has 3 rings (SSSR count). The first-order valence-electron chi connectivity index (χ1n) is 6.93. The molecule has 0 bridgehead atoms. The molecule has 1 aromatic heterocycles. The molecule has 0 fully saturated rings. The van der Waals surface area contributed by atoms with Gasteiger partial charge in [-0.2, -0.15) is 5.10 Å². The monoisotopic (exact) mass is 294 g/mol. The third kappa shape index (κ3) is 2.58. The summed E-state index contributed by atoms with van der Waals surface area (Å²) in [7, 11) is 0. The molecule has 22 heavy (non-hydrogen) atoms. The van der Waals surface area contributed by atoms with Crippen molar-refractivity contribution in [2.45, 2.75) is 13.3 Å². The van der Waals surface area contributed by atoms with Crippen LogP contribution in [-0.4, -0.2) is 20.8 Å². The van der Waals surface area contributed by atoms with Gasteiger partial charge in [-0.3, -0.25) is 10.1 Å². The van der Waals surface area contributed by atoms with E-state index in [9.17, 15) is 10.1 Å². The van der Waals surface area contributed by atoms with Crippen molar-refractivity contribution in [2.75, 3.05) is 0 Å². The molecule has 0 unspecified atom stereocenters. The van der Waals surface area contributed by atoms with E-state index in [1.54, 1.807) is 29.4 Å². The van der Waals surface area contributed by atoms with E-state index in [1.807, 2.05) is 37.3 Å². The maximum absolute atomic E-state index is 11.1. The van der Waals surface area contributed by atoms with Crippen molar-refractivity contribution >= 4 is 22.9 Å². The first kappa shape index (κ1) is 13.9. The lowest BCUT2D eigenvalue weighted by Gasteiger charge is -2.01. The van der Waals surface area contributed by atoms with E-state index >= 15 is 0 Å². The van der Waals surface area contributed by atoms with Crippen LogP contribution in [0.15, 0.2) is 53.9 Å². The van der Waals surface area contributed by atoms with Crippen molar-refractivity contribution in [3.8, 4) is 0 Å². The maximum atomic E-state index is 11.1. The van der Waals surface area contributed by atoms with E-state index in [1.165, 1.54) is 0 Å². The van der Waals surface area contributed by atoms with Gasteiger partial charge in [0.05, 0.1) is 22.2 Å². The average molecular weight is 294 g/mol. The minimum Gasteiger partial charge on any atom is -0.258 e. The van der Waals surface area contributed by atoms with Crippen molar-refractivity contribution < 1.29 is 4.92 Å². The fourth-order valence-corrected chi connectivity index (χ4v) is 2.30. The molecular formula is C16H14N4O2. The summed E-state index contributed by atoms with van der Waals surface area (Å²) in [5.74, 6) is 0. The van der Waals surface area contributed by atoms with Gasteiger partial charge in [-0.15, -0.1) is 0 Å². The van der Waals surface area contributed by atoms with Crippen molar-refractivity contribution in [1.29, 1.82) is 0 Å².